The number of aryl methyl sites for hydroxylation is 3. The fraction of sp³-hybridized carbons (Fsp3) is 0.143. The van der Waals surface area contributed by atoms with Crippen molar-refractivity contribution in [3.05, 3.63) is 161 Å². The van der Waals surface area contributed by atoms with E-state index in [2.05, 4.69) is 154 Å². The van der Waals surface area contributed by atoms with Crippen LogP contribution in [0.4, 0.5) is 0 Å². The molecule has 7 aromatic rings. The number of rotatable bonds is 2. The van der Waals surface area contributed by atoms with Gasteiger partial charge in [0.05, 0.1) is 11.0 Å². The van der Waals surface area contributed by atoms with Gasteiger partial charge in [-0.1, -0.05) is 116 Å². The Balaban J connectivity index is 0.000000379. The fourth-order valence-electron chi connectivity index (χ4n) is 6.90. The predicted molar refractivity (Wildman–Crippen MR) is 184 cm³/mol. The summed E-state index contributed by atoms with van der Waals surface area (Å²) in [6.45, 7) is 11.3. The number of nitrogens with zero attached hydrogens (tertiary/aromatic N) is 1. The molecule has 0 bridgehead atoms. The van der Waals surface area contributed by atoms with Crippen LogP contribution < -0.4 is 0 Å². The van der Waals surface area contributed by atoms with Gasteiger partial charge < -0.3 is 4.57 Å². The molecule has 1 heterocycles. The Morgan fingerprint density at radius 3 is 1.74 bits per heavy atom. The molecule has 8 rings (SSSR count). The normalized spacial score (nSPS) is 13.0. The Labute approximate surface area is 255 Å². The summed E-state index contributed by atoms with van der Waals surface area (Å²) < 4.78 is 2.42. The summed E-state index contributed by atoms with van der Waals surface area (Å²) in [6.07, 6.45) is 0. The summed E-state index contributed by atoms with van der Waals surface area (Å²) in [5, 5.41) is 2.62. The van der Waals surface area contributed by atoms with Gasteiger partial charge in [0.2, 0.25) is 0 Å². The molecule has 1 aliphatic carbocycles. The zero-order valence-electron chi connectivity index (χ0n) is 25.6. The maximum atomic E-state index is 2.46. The summed E-state index contributed by atoms with van der Waals surface area (Å²) in [4.78, 5) is 0. The van der Waals surface area contributed by atoms with Gasteiger partial charge in [-0.05, 0) is 102 Å². The molecule has 0 atom stereocenters. The van der Waals surface area contributed by atoms with Gasteiger partial charge in [-0.3, -0.25) is 0 Å². The highest BCUT2D eigenvalue weighted by molar-refractivity contribution is 6.11. The minimum absolute atomic E-state index is 0.0636. The molecule has 0 radical (unpaired) electrons. The molecule has 0 saturated carbocycles. The molecule has 1 nitrogen and oxygen atoms in total. The highest BCUT2D eigenvalue weighted by atomic mass is 15.0. The molecule has 0 aliphatic heterocycles. The van der Waals surface area contributed by atoms with Gasteiger partial charge >= 0.3 is 0 Å². The first kappa shape index (κ1) is 27.0. The first-order valence-electron chi connectivity index (χ1n) is 15.2. The number of aromatic nitrogens is 1. The molecule has 0 unspecified atom stereocenters. The summed E-state index contributed by atoms with van der Waals surface area (Å²) in [7, 11) is 0. The number of para-hydroxylation sites is 2. The van der Waals surface area contributed by atoms with Crippen molar-refractivity contribution in [1.29, 1.82) is 0 Å². The van der Waals surface area contributed by atoms with Crippen LogP contribution in [0.2, 0.25) is 0 Å². The number of benzene rings is 6. The molecule has 1 heteroatoms. The van der Waals surface area contributed by atoms with E-state index < -0.39 is 0 Å². The third kappa shape index (κ3) is 4.48. The molecule has 0 amide bonds. The second-order valence-corrected chi connectivity index (χ2v) is 12.4. The Kier molecular flexibility index (Phi) is 6.55. The molecule has 1 aliphatic rings. The summed E-state index contributed by atoms with van der Waals surface area (Å²) in [5.41, 5.74) is 15.9. The van der Waals surface area contributed by atoms with Crippen LogP contribution in [0.15, 0.2) is 133 Å². The molecule has 0 saturated heterocycles. The first-order chi connectivity index (χ1) is 20.8. The second-order valence-electron chi connectivity index (χ2n) is 12.4. The van der Waals surface area contributed by atoms with Gasteiger partial charge in [0.25, 0.3) is 0 Å². The quantitative estimate of drug-likeness (QED) is 0.200. The summed E-state index contributed by atoms with van der Waals surface area (Å²) >= 11 is 0. The van der Waals surface area contributed by atoms with E-state index >= 15 is 0 Å². The average Bonchev–Trinajstić information content (AvgIpc) is 3.45. The van der Waals surface area contributed by atoms with Crippen molar-refractivity contribution < 1.29 is 0 Å². The lowest BCUT2D eigenvalue weighted by Crippen LogP contribution is -2.15. The van der Waals surface area contributed by atoms with Crippen LogP contribution in [0.1, 0.15) is 41.7 Å². The number of hydrogen-bond acceptors (Lipinski definition) is 0. The van der Waals surface area contributed by atoms with E-state index in [1.165, 1.54) is 77.6 Å². The lowest BCUT2D eigenvalue weighted by molar-refractivity contribution is 0.660. The van der Waals surface area contributed by atoms with Gasteiger partial charge in [0.15, 0.2) is 0 Å². The van der Waals surface area contributed by atoms with Crippen molar-refractivity contribution in [2.75, 3.05) is 0 Å². The van der Waals surface area contributed by atoms with E-state index in [0.29, 0.717) is 0 Å². The van der Waals surface area contributed by atoms with Gasteiger partial charge in [-0.25, -0.2) is 0 Å². The second kappa shape index (κ2) is 10.4. The van der Waals surface area contributed by atoms with Crippen LogP contribution in [-0.4, -0.2) is 4.57 Å². The van der Waals surface area contributed by atoms with E-state index in [0.717, 1.165) is 0 Å². The van der Waals surface area contributed by atoms with Crippen molar-refractivity contribution in [3.8, 4) is 27.9 Å². The van der Waals surface area contributed by atoms with Gasteiger partial charge in [-0.2, -0.15) is 0 Å². The average molecular weight is 556 g/mol. The van der Waals surface area contributed by atoms with E-state index in [1.54, 1.807) is 0 Å². The van der Waals surface area contributed by atoms with Crippen LogP contribution in [0, 0.1) is 20.8 Å². The van der Waals surface area contributed by atoms with Crippen molar-refractivity contribution in [2.45, 2.75) is 40.0 Å². The van der Waals surface area contributed by atoms with Crippen LogP contribution in [0.3, 0.4) is 0 Å². The Morgan fingerprint density at radius 1 is 0.442 bits per heavy atom. The zero-order chi connectivity index (χ0) is 29.7. The standard InChI is InChI=1S/C35H29N.C7H8/c1-22-12-8-9-15-25(22)27-19-28-29-20-30-26-16-10-11-17-33(26)36(24-13-6-5-7-14-24)34(30)21-32(29)35(3,4)31(28)18-23(27)2;1-7-5-3-2-4-6-7/h5-21H,1-4H3;2-6H,1H3. The Hall–Kier alpha value is -4.88. The van der Waals surface area contributed by atoms with Crippen molar-refractivity contribution >= 4 is 21.8 Å². The molecule has 6 aromatic carbocycles. The minimum atomic E-state index is -0.0636. The smallest absolute Gasteiger partial charge is 0.0544 e. The predicted octanol–water partition coefficient (Wildman–Crippen LogP) is 11.4. The third-order valence-electron chi connectivity index (χ3n) is 9.20. The van der Waals surface area contributed by atoms with Gasteiger partial charge in [-0.15, -0.1) is 0 Å². The number of hydrogen-bond donors (Lipinski definition) is 0. The maximum Gasteiger partial charge on any atom is 0.0544 e. The van der Waals surface area contributed by atoms with E-state index in [4.69, 9.17) is 0 Å². The summed E-state index contributed by atoms with van der Waals surface area (Å²) in [5.74, 6) is 0. The fourth-order valence-corrected chi connectivity index (χ4v) is 6.90. The Bertz CT molecular complexity index is 2110. The van der Waals surface area contributed by atoms with E-state index in [9.17, 15) is 0 Å². The zero-order valence-corrected chi connectivity index (χ0v) is 25.6. The molecule has 1 aromatic heterocycles. The highest BCUT2D eigenvalue weighted by Gasteiger charge is 2.37. The van der Waals surface area contributed by atoms with Gasteiger partial charge in [0, 0.05) is 21.9 Å². The SMILES string of the molecule is Cc1ccccc1.Cc1ccccc1-c1cc2c(cc1C)C(C)(C)c1cc3c(cc1-2)c1ccccc1n3-c1ccccc1. The van der Waals surface area contributed by atoms with Crippen LogP contribution in [0.25, 0.3) is 49.7 Å². The molecule has 0 fully saturated rings. The molecule has 210 valence electrons. The van der Waals surface area contributed by atoms with Crippen molar-refractivity contribution in [1.82, 2.24) is 4.57 Å². The lowest BCUT2D eigenvalue weighted by atomic mass is 9.81. The molecular weight excluding hydrogens is 518 g/mol. The topological polar surface area (TPSA) is 4.93 Å². The maximum absolute atomic E-state index is 2.46. The lowest BCUT2D eigenvalue weighted by Gasteiger charge is -2.23. The minimum Gasteiger partial charge on any atom is -0.309 e. The van der Waals surface area contributed by atoms with Crippen LogP contribution >= 0.6 is 0 Å². The van der Waals surface area contributed by atoms with E-state index in [1.807, 2.05) is 18.2 Å². The first-order valence-corrected chi connectivity index (χ1v) is 15.2. The van der Waals surface area contributed by atoms with Crippen LogP contribution in [-0.2, 0) is 5.41 Å². The van der Waals surface area contributed by atoms with E-state index in [-0.39, 0.29) is 5.41 Å². The Morgan fingerprint density at radius 2 is 1.05 bits per heavy atom. The largest absolute Gasteiger partial charge is 0.309 e. The summed E-state index contributed by atoms with van der Waals surface area (Å²) in [6, 6.07) is 48.3. The highest BCUT2D eigenvalue weighted by Crippen LogP contribution is 2.52. The molecule has 43 heavy (non-hydrogen) atoms. The van der Waals surface area contributed by atoms with Gasteiger partial charge in [0.1, 0.15) is 0 Å². The monoisotopic (exact) mass is 555 g/mol. The number of fused-ring (bicyclic) bond motifs is 6. The molecule has 0 spiro atoms. The third-order valence-corrected chi connectivity index (χ3v) is 9.20. The van der Waals surface area contributed by atoms with Crippen molar-refractivity contribution in [3.63, 3.8) is 0 Å². The van der Waals surface area contributed by atoms with Crippen LogP contribution in [0.5, 0.6) is 0 Å². The van der Waals surface area contributed by atoms with Crippen molar-refractivity contribution in [2.24, 2.45) is 0 Å². The molecule has 0 N–H and O–H groups in total. The molecular formula is C42H37N.